The van der Waals surface area contributed by atoms with Crippen LogP contribution in [0.5, 0.6) is 0 Å². The second-order valence-electron chi connectivity index (χ2n) is 7.48. The summed E-state index contributed by atoms with van der Waals surface area (Å²) in [6, 6.07) is 12.8. The molecule has 0 radical (unpaired) electrons. The molecule has 160 valence electrons. The highest BCUT2D eigenvalue weighted by Gasteiger charge is 2.21. The molecule has 0 aromatic heterocycles. The van der Waals surface area contributed by atoms with Crippen LogP contribution >= 0.6 is 0 Å². The number of nitrogens with zero attached hydrogens (tertiary/aromatic N) is 3. The Morgan fingerprint density at radius 2 is 1.87 bits per heavy atom. The van der Waals surface area contributed by atoms with Crippen LogP contribution in [-0.2, 0) is 11.2 Å². The maximum Gasteiger partial charge on any atom is 0.270 e. The van der Waals surface area contributed by atoms with Crippen molar-refractivity contribution in [3.05, 3.63) is 63.7 Å². The number of nitro benzene ring substituents is 1. The van der Waals surface area contributed by atoms with Crippen molar-refractivity contribution in [1.82, 2.24) is 5.32 Å². The SMILES string of the molecule is CN(C)c1ccc(CCCNC(=O)c2cc([N+](=O)[O-])ccc2N2CCOCC2)cc1. The van der Waals surface area contributed by atoms with Crippen LogP contribution < -0.4 is 15.1 Å². The van der Waals surface area contributed by atoms with Crippen molar-refractivity contribution in [3.63, 3.8) is 0 Å². The molecule has 1 amide bonds. The summed E-state index contributed by atoms with van der Waals surface area (Å²) < 4.78 is 5.37. The fourth-order valence-corrected chi connectivity index (χ4v) is 3.45. The topological polar surface area (TPSA) is 88.0 Å². The quantitative estimate of drug-likeness (QED) is 0.408. The number of non-ortho nitro benzene ring substituents is 1. The zero-order valence-electron chi connectivity index (χ0n) is 17.5. The van der Waals surface area contributed by atoms with Crippen LogP contribution in [-0.4, -0.2) is 57.8 Å². The zero-order valence-corrected chi connectivity index (χ0v) is 17.5. The van der Waals surface area contributed by atoms with E-state index in [-0.39, 0.29) is 11.6 Å². The number of aryl methyl sites for hydroxylation is 1. The number of hydrogen-bond donors (Lipinski definition) is 1. The van der Waals surface area contributed by atoms with Gasteiger partial charge in [-0.05, 0) is 36.6 Å². The summed E-state index contributed by atoms with van der Waals surface area (Å²) in [5, 5.41) is 14.1. The number of nitrogens with one attached hydrogen (secondary N) is 1. The lowest BCUT2D eigenvalue weighted by molar-refractivity contribution is -0.384. The van der Waals surface area contributed by atoms with E-state index in [1.165, 1.54) is 17.7 Å². The highest BCUT2D eigenvalue weighted by Crippen LogP contribution is 2.26. The molecule has 0 aliphatic carbocycles. The second kappa shape index (κ2) is 10.1. The van der Waals surface area contributed by atoms with Crippen LogP contribution in [0.3, 0.4) is 0 Å². The van der Waals surface area contributed by atoms with Crippen LogP contribution in [0, 0.1) is 10.1 Å². The smallest absolute Gasteiger partial charge is 0.270 e. The molecule has 3 rings (SSSR count). The molecule has 1 aliphatic rings. The number of anilines is 2. The van der Waals surface area contributed by atoms with Crippen LogP contribution in [0.2, 0.25) is 0 Å². The van der Waals surface area contributed by atoms with Crippen LogP contribution in [0.25, 0.3) is 0 Å². The zero-order chi connectivity index (χ0) is 21.5. The molecule has 8 heteroatoms. The van der Waals surface area contributed by atoms with Crippen LogP contribution in [0.4, 0.5) is 17.1 Å². The first-order valence-corrected chi connectivity index (χ1v) is 10.1. The van der Waals surface area contributed by atoms with Crippen molar-refractivity contribution >= 4 is 23.0 Å². The van der Waals surface area contributed by atoms with E-state index in [1.54, 1.807) is 6.07 Å². The van der Waals surface area contributed by atoms with Crippen molar-refractivity contribution < 1.29 is 14.5 Å². The Bertz CT molecular complexity index is 877. The average Bonchev–Trinajstić information content (AvgIpc) is 2.77. The number of hydrogen-bond acceptors (Lipinski definition) is 6. The van der Waals surface area contributed by atoms with E-state index in [0.29, 0.717) is 44.1 Å². The molecule has 1 N–H and O–H groups in total. The average molecular weight is 412 g/mol. The molecule has 0 spiro atoms. The van der Waals surface area contributed by atoms with E-state index in [0.717, 1.165) is 18.5 Å². The summed E-state index contributed by atoms with van der Waals surface area (Å²) in [6.07, 6.45) is 1.63. The summed E-state index contributed by atoms with van der Waals surface area (Å²) in [4.78, 5) is 27.6. The van der Waals surface area contributed by atoms with Gasteiger partial charge < -0.3 is 19.9 Å². The normalized spacial score (nSPS) is 13.7. The molecule has 2 aromatic rings. The van der Waals surface area contributed by atoms with E-state index in [2.05, 4.69) is 34.5 Å². The lowest BCUT2D eigenvalue weighted by atomic mass is 10.1. The van der Waals surface area contributed by atoms with Crippen LogP contribution in [0.1, 0.15) is 22.3 Å². The minimum Gasteiger partial charge on any atom is -0.378 e. The van der Waals surface area contributed by atoms with Gasteiger partial charge in [-0.15, -0.1) is 0 Å². The monoisotopic (exact) mass is 412 g/mol. The standard InChI is InChI=1S/C22H28N4O4/c1-24(2)18-7-5-17(6-8-18)4-3-11-23-22(27)20-16-19(26(28)29)9-10-21(20)25-12-14-30-15-13-25/h5-10,16H,3-4,11-15H2,1-2H3,(H,23,27). The number of ether oxygens (including phenoxy) is 1. The third-order valence-corrected chi connectivity index (χ3v) is 5.17. The van der Waals surface area contributed by atoms with E-state index >= 15 is 0 Å². The number of carbonyl (C=O) groups excluding carboxylic acids is 1. The molecule has 2 aromatic carbocycles. The van der Waals surface area contributed by atoms with Gasteiger partial charge >= 0.3 is 0 Å². The Kier molecular flexibility index (Phi) is 7.24. The van der Waals surface area contributed by atoms with Gasteiger partial charge in [-0.2, -0.15) is 0 Å². The van der Waals surface area contributed by atoms with Gasteiger partial charge in [0.15, 0.2) is 0 Å². The number of rotatable bonds is 8. The minimum atomic E-state index is -0.475. The van der Waals surface area contributed by atoms with Crippen LogP contribution in [0.15, 0.2) is 42.5 Å². The lowest BCUT2D eigenvalue weighted by Crippen LogP contribution is -2.38. The molecule has 1 heterocycles. The molecule has 0 unspecified atom stereocenters. The lowest BCUT2D eigenvalue weighted by Gasteiger charge is -2.30. The summed E-state index contributed by atoms with van der Waals surface area (Å²) in [5.41, 5.74) is 3.31. The fourth-order valence-electron chi connectivity index (χ4n) is 3.45. The largest absolute Gasteiger partial charge is 0.378 e. The number of nitro groups is 1. The third-order valence-electron chi connectivity index (χ3n) is 5.17. The van der Waals surface area contributed by atoms with Gasteiger partial charge in [-0.25, -0.2) is 0 Å². The molecule has 0 saturated carbocycles. The molecule has 1 aliphatic heterocycles. The van der Waals surface area contributed by atoms with E-state index in [9.17, 15) is 14.9 Å². The van der Waals surface area contributed by atoms with Gasteiger partial charge in [0.25, 0.3) is 11.6 Å². The van der Waals surface area contributed by atoms with Crippen molar-refractivity contribution in [3.8, 4) is 0 Å². The van der Waals surface area contributed by atoms with E-state index in [1.807, 2.05) is 19.0 Å². The maximum absolute atomic E-state index is 12.8. The number of morpholine rings is 1. The van der Waals surface area contributed by atoms with Gasteiger partial charge in [0.05, 0.1) is 29.4 Å². The van der Waals surface area contributed by atoms with E-state index < -0.39 is 4.92 Å². The fraction of sp³-hybridized carbons (Fsp3) is 0.409. The molecular formula is C22H28N4O4. The van der Waals surface area contributed by atoms with E-state index in [4.69, 9.17) is 4.74 Å². The molecule has 8 nitrogen and oxygen atoms in total. The molecule has 0 bridgehead atoms. The number of amides is 1. The molecule has 1 fully saturated rings. The molecule has 30 heavy (non-hydrogen) atoms. The van der Waals surface area contributed by atoms with Crippen molar-refractivity contribution in [2.45, 2.75) is 12.8 Å². The Hall–Kier alpha value is -3.13. The minimum absolute atomic E-state index is 0.0851. The number of carbonyl (C=O) groups is 1. The maximum atomic E-state index is 12.8. The van der Waals surface area contributed by atoms with Gasteiger partial charge in [-0.1, -0.05) is 12.1 Å². The summed E-state index contributed by atoms with van der Waals surface area (Å²) in [6.45, 7) is 2.96. The first-order valence-electron chi connectivity index (χ1n) is 10.1. The first-order chi connectivity index (χ1) is 14.5. The van der Waals surface area contributed by atoms with Crippen molar-refractivity contribution in [2.75, 3.05) is 56.7 Å². The van der Waals surface area contributed by atoms with Crippen molar-refractivity contribution in [1.29, 1.82) is 0 Å². The second-order valence-corrected chi connectivity index (χ2v) is 7.48. The molecule has 0 atom stereocenters. The van der Waals surface area contributed by atoms with Gasteiger partial charge in [0.1, 0.15) is 0 Å². The number of benzene rings is 2. The van der Waals surface area contributed by atoms with Gasteiger partial charge in [0.2, 0.25) is 0 Å². The molecular weight excluding hydrogens is 384 g/mol. The summed E-state index contributed by atoms with van der Waals surface area (Å²) in [5.74, 6) is -0.289. The Balaban J connectivity index is 1.62. The highest BCUT2D eigenvalue weighted by molar-refractivity contribution is 6.00. The highest BCUT2D eigenvalue weighted by atomic mass is 16.6. The third kappa shape index (κ3) is 5.48. The molecule has 1 saturated heterocycles. The predicted molar refractivity (Wildman–Crippen MR) is 118 cm³/mol. The summed E-state index contributed by atoms with van der Waals surface area (Å²) in [7, 11) is 4.01. The Morgan fingerprint density at radius 3 is 2.50 bits per heavy atom. The van der Waals surface area contributed by atoms with Crippen molar-refractivity contribution in [2.24, 2.45) is 0 Å². The predicted octanol–water partition coefficient (Wildman–Crippen LogP) is 2.86. The van der Waals surface area contributed by atoms with Gasteiger partial charge in [-0.3, -0.25) is 14.9 Å². The Labute approximate surface area is 176 Å². The Morgan fingerprint density at radius 1 is 1.17 bits per heavy atom. The van der Waals surface area contributed by atoms with Gasteiger partial charge in [0, 0.05) is 51.5 Å². The first kappa shape index (κ1) is 21.6. The summed E-state index contributed by atoms with van der Waals surface area (Å²) >= 11 is 0.